The SMILES string of the molecule is CC(=O)O.Nc1ccc2nc3ccc(=[NH2+])cc-3sc2c1.[Cl-]. The molecule has 110 valence electrons. The van der Waals surface area contributed by atoms with Gasteiger partial charge in [-0.25, -0.2) is 4.98 Å². The molecule has 0 unspecified atom stereocenters. The van der Waals surface area contributed by atoms with Crippen molar-refractivity contribution >= 4 is 33.2 Å². The predicted octanol–water partition coefficient (Wildman–Crippen LogP) is -2.26. The summed E-state index contributed by atoms with van der Waals surface area (Å²) >= 11 is 1.66. The molecule has 0 radical (unpaired) electrons. The molecule has 0 spiro atoms. The summed E-state index contributed by atoms with van der Waals surface area (Å²) in [6.45, 7) is 1.08. The topological polar surface area (TPSA) is 102 Å². The van der Waals surface area contributed by atoms with Crippen molar-refractivity contribution in [2.75, 3.05) is 5.73 Å². The second kappa shape index (κ2) is 7.01. The summed E-state index contributed by atoms with van der Waals surface area (Å²) in [5, 5.41) is 13.9. The molecule has 0 atom stereocenters. The van der Waals surface area contributed by atoms with Gasteiger partial charge in [-0.3, -0.25) is 10.2 Å². The molecule has 5 N–H and O–H groups in total. The van der Waals surface area contributed by atoms with Crippen molar-refractivity contribution in [2.24, 2.45) is 0 Å². The van der Waals surface area contributed by atoms with Crippen LogP contribution in [0.3, 0.4) is 0 Å². The lowest BCUT2D eigenvalue weighted by Gasteiger charge is -2.05. The summed E-state index contributed by atoms with van der Waals surface area (Å²) in [5.41, 5.74) is 8.45. The second-order valence-electron chi connectivity index (χ2n) is 4.19. The molecule has 1 aliphatic heterocycles. The Morgan fingerprint density at radius 3 is 2.62 bits per heavy atom. The van der Waals surface area contributed by atoms with Crippen molar-refractivity contribution in [1.82, 2.24) is 4.98 Å². The summed E-state index contributed by atoms with van der Waals surface area (Å²) in [5.74, 6) is -0.833. The van der Waals surface area contributed by atoms with E-state index in [1.54, 1.807) is 11.3 Å². The Labute approximate surface area is 131 Å². The zero-order valence-electron chi connectivity index (χ0n) is 11.2. The molecule has 0 saturated heterocycles. The Hall–Kier alpha value is -2.18. The van der Waals surface area contributed by atoms with E-state index in [9.17, 15) is 0 Å². The van der Waals surface area contributed by atoms with Gasteiger partial charge in [-0.15, -0.1) is 11.3 Å². The fourth-order valence-electron chi connectivity index (χ4n) is 1.66. The summed E-state index contributed by atoms with van der Waals surface area (Å²) in [7, 11) is 0. The molecule has 21 heavy (non-hydrogen) atoms. The maximum absolute atomic E-state index is 9.00. The van der Waals surface area contributed by atoms with Crippen LogP contribution in [-0.4, -0.2) is 16.1 Å². The molecule has 2 aliphatic rings. The molecule has 7 heteroatoms. The van der Waals surface area contributed by atoms with Crippen LogP contribution in [0.1, 0.15) is 6.92 Å². The molecule has 0 aromatic heterocycles. The number of halogens is 1. The van der Waals surface area contributed by atoms with Crippen LogP contribution in [0.4, 0.5) is 5.69 Å². The van der Waals surface area contributed by atoms with Crippen molar-refractivity contribution in [1.29, 1.82) is 0 Å². The van der Waals surface area contributed by atoms with Crippen LogP contribution >= 0.6 is 11.3 Å². The van der Waals surface area contributed by atoms with Gasteiger partial charge in [0.2, 0.25) is 0 Å². The number of benzene rings is 2. The first-order chi connectivity index (χ1) is 9.45. The molecule has 5 nitrogen and oxygen atoms in total. The Morgan fingerprint density at radius 2 is 1.95 bits per heavy atom. The van der Waals surface area contributed by atoms with E-state index in [4.69, 9.17) is 21.0 Å². The smallest absolute Gasteiger partial charge is 0.300 e. The molecule has 0 amide bonds. The van der Waals surface area contributed by atoms with Crippen LogP contribution < -0.4 is 28.9 Å². The Morgan fingerprint density at radius 1 is 1.29 bits per heavy atom. The predicted molar refractivity (Wildman–Crippen MR) is 79.0 cm³/mol. The highest BCUT2D eigenvalue weighted by Crippen LogP contribution is 2.30. The average Bonchev–Trinajstić information content (AvgIpc) is 2.35. The third kappa shape index (κ3) is 4.40. The fraction of sp³-hybridized carbons (Fsp3) is 0.0714. The number of carboxylic acids is 1. The molecule has 1 aliphatic carbocycles. The van der Waals surface area contributed by atoms with Crippen molar-refractivity contribution in [3.8, 4) is 10.6 Å². The zero-order valence-corrected chi connectivity index (χ0v) is 12.8. The van der Waals surface area contributed by atoms with Gasteiger partial charge in [0.05, 0.1) is 20.8 Å². The van der Waals surface area contributed by atoms with Gasteiger partial charge in [0.25, 0.3) is 5.97 Å². The molecule has 1 aromatic carbocycles. The summed E-state index contributed by atoms with van der Waals surface area (Å²) in [6.07, 6.45) is 0. The molecular weight excluding hydrogens is 310 g/mol. The molecule has 0 bridgehead atoms. The quantitative estimate of drug-likeness (QED) is 0.321. The number of aliphatic carboxylic acids is 1. The number of fused-ring (bicyclic) bond motifs is 2. The number of rotatable bonds is 0. The van der Waals surface area contributed by atoms with Crippen LogP contribution in [0, 0.1) is 0 Å². The lowest BCUT2D eigenvalue weighted by atomic mass is 10.2. The maximum atomic E-state index is 9.00. The number of aromatic nitrogens is 1. The molecule has 0 saturated carbocycles. The third-order valence-corrected chi connectivity index (χ3v) is 3.52. The molecular formula is C14H14ClN3O2S. The second-order valence-corrected chi connectivity index (χ2v) is 5.27. The standard InChI is InChI=1S/C12H9N3S.C2H4O2.ClH/c13-7-1-3-9-11(5-7)16-12-6-8(14)2-4-10(12)15-9;1-2(3)4;/h1-6,13H,14H2;1H3,(H,3,4);1H. The van der Waals surface area contributed by atoms with Crippen LogP contribution in [-0.2, 0) is 4.79 Å². The number of carbonyl (C=O) groups is 1. The lowest BCUT2D eigenvalue weighted by molar-refractivity contribution is -0.172. The van der Waals surface area contributed by atoms with Gasteiger partial charge in [-0.2, -0.15) is 0 Å². The van der Waals surface area contributed by atoms with E-state index in [1.807, 2.05) is 36.4 Å². The minimum Gasteiger partial charge on any atom is -1.00 e. The van der Waals surface area contributed by atoms with Crippen molar-refractivity contribution < 1.29 is 27.7 Å². The Balaban J connectivity index is 0.000000397. The van der Waals surface area contributed by atoms with Crippen LogP contribution in [0.2, 0.25) is 0 Å². The number of nitrogens with two attached hydrogens (primary N) is 2. The first-order valence-corrected chi connectivity index (χ1v) is 6.65. The van der Waals surface area contributed by atoms with Crippen LogP contribution in [0.25, 0.3) is 20.8 Å². The van der Waals surface area contributed by atoms with Crippen LogP contribution in [0.5, 0.6) is 0 Å². The third-order valence-electron chi connectivity index (χ3n) is 2.43. The van der Waals surface area contributed by atoms with Gasteiger partial charge < -0.3 is 23.2 Å². The van der Waals surface area contributed by atoms with E-state index in [0.717, 1.165) is 38.8 Å². The van der Waals surface area contributed by atoms with Gasteiger partial charge in [-0.1, -0.05) is 0 Å². The van der Waals surface area contributed by atoms with Gasteiger partial charge in [-0.05, 0) is 24.3 Å². The number of anilines is 1. The van der Waals surface area contributed by atoms with E-state index >= 15 is 0 Å². The highest BCUT2D eigenvalue weighted by Gasteiger charge is 2.07. The molecule has 0 fully saturated rings. The number of hydrogen-bond acceptors (Lipinski definition) is 4. The molecule has 1 aromatic rings. The number of nitrogens with zero attached hydrogens (tertiary/aromatic N) is 1. The average molecular weight is 324 g/mol. The van der Waals surface area contributed by atoms with Gasteiger partial charge in [0, 0.05) is 24.7 Å². The number of hydrogen-bond donors (Lipinski definition) is 3. The van der Waals surface area contributed by atoms with Crippen molar-refractivity contribution in [3.05, 3.63) is 41.8 Å². The number of carboxylic acid groups (broad SMARTS) is 1. The van der Waals surface area contributed by atoms with Gasteiger partial charge in [0.15, 0.2) is 5.36 Å². The maximum Gasteiger partial charge on any atom is 0.300 e. The summed E-state index contributed by atoms with van der Waals surface area (Å²) in [6, 6.07) is 11.5. The zero-order chi connectivity index (χ0) is 14.7. The van der Waals surface area contributed by atoms with Crippen molar-refractivity contribution in [3.63, 3.8) is 0 Å². The highest BCUT2D eigenvalue weighted by molar-refractivity contribution is 7.21. The van der Waals surface area contributed by atoms with Crippen molar-refractivity contribution in [2.45, 2.75) is 6.92 Å². The monoisotopic (exact) mass is 323 g/mol. The minimum absolute atomic E-state index is 0. The van der Waals surface area contributed by atoms with E-state index in [1.165, 1.54) is 0 Å². The first-order valence-electron chi connectivity index (χ1n) is 5.84. The normalized spacial score (nSPS) is 9.57. The summed E-state index contributed by atoms with van der Waals surface area (Å²) in [4.78, 5) is 14.6. The number of nitrogen functional groups attached to an aromatic ring is 1. The minimum atomic E-state index is -0.833. The van der Waals surface area contributed by atoms with E-state index in [0.29, 0.717) is 0 Å². The largest absolute Gasteiger partial charge is 1.00 e. The Bertz CT molecular complexity index is 800. The van der Waals surface area contributed by atoms with E-state index in [2.05, 4.69) is 4.98 Å². The van der Waals surface area contributed by atoms with Gasteiger partial charge in [0.1, 0.15) is 0 Å². The van der Waals surface area contributed by atoms with E-state index < -0.39 is 5.97 Å². The summed E-state index contributed by atoms with van der Waals surface area (Å²) < 4.78 is 1.08. The lowest BCUT2D eigenvalue weighted by Crippen LogP contribution is -3.00. The first kappa shape index (κ1) is 16.9. The molecule has 3 rings (SSSR count). The fourth-order valence-corrected chi connectivity index (χ4v) is 2.72. The van der Waals surface area contributed by atoms with E-state index in [-0.39, 0.29) is 12.4 Å². The highest BCUT2D eigenvalue weighted by atomic mass is 35.5. The molecule has 1 heterocycles. The van der Waals surface area contributed by atoms with Gasteiger partial charge >= 0.3 is 0 Å². The Kier molecular flexibility index (Phi) is 5.63. The van der Waals surface area contributed by atoms with Crippen LogP contribution in [0.15, 0.2) is 36.4 Å².